The lowest BCUT2D eigenvalue weighted by Crippen LogP contribution is -2.20. The normalized spacial score (nSPS) is 10.7. The fourth-order valence-corrected chi connectivity index (χ4v) is 3.12. The average molecular weight is 472 g/mol. The number of aryl methyl sites for hydroxylation is 1. The molecule has 0 saturated carbocycles. The number of nitriles is 1. The number of anilines is 2. The van der Waals surface area contributed by atoms with Crippen molar-refractivity contribution in [2.24, 2.45) is 0 Å². The molecule has 0 aliphatic heterocycles. The molecule has 178 valence electrons. The first-order chi connectivity index (χ1) is 16.9. The first-order valence-electron chi connectivity index (χ1n) is 10.9. The number of hydrogen-bond acceptors (Lipinski definition) is 6. The number of nitrogens with one attached hydrogen (secondary N) is 2. The number of nitrogens with zero attached hydrogens (tertiary/aromatic N) is 1. The molecule has 8 heteroatoms. The average Bonchev–Trinajstić information content (AvgIpc) is 2.83. The van der Waals surface area contributed by atoms with Gasteiger partial charge in [-0.2, -0.15) is 5.26 Å². The Labute approximate surface area is 203 Å². The predicted molar refractivity (Wildman–Crippen MR) is 133 cm³/mol. The van der Waals surface area contributed by atoms with Gasteiger partial charge in [-0.05, 0) is 79.6 Å². The van der Waals surface area contributed by atoms with Crippen LogP contribution in [0.5, 0.6) is 17.2 Å². The minimum absolute atomic E-state index is 0.0671. The maximum Gasteiger partial charge on any atom is 0.266 e. The fourth-order valence-electron chi connectivity index (χ4n) is 3.12. The van der Waals surface area contributed by atoms with Crippen molar-refractivity contribution in [1.29, 1.82) is 5.26 Å². The van der Waals surface area contributed by atoms with Crippen LogP contribution < -0.4 is 20.1 Å². The molecule has 0 atom stereocenters. The second kappa shape index (κ2) is 11.9. The Kier molecular flexibility index (Phi) is 8.46. The molecule has 3 aromatic carbocycles. The smallest absolute Gasteiger partial charge is 0.266 e. The van der Waals surface area contributed by atoms with Crippen molar-refractivity contribution < 1.29 is 24.2 Å². The van der Waals surface area contributed by atoms with Gasteiger partial charge in [0.15, 0.2) is 18.1 Å². The van der Waals surface area contributed by atoms with Crippen LogP contribution in [-0.4, -0.2) is 30.1 Å². The van der Waals surface area contributed by atoms with E-state index in [0.29, 0.717) is 35.0 Å². The number of phenolic OH excluding ortho intramolecular Hbond substituents is 1. The number of benzene rings is 3. The van der Waals surface area contributed by atoms with Crippen LogP contribution in [0.2, 0.25) is 0 Å². The van der Waals surface area contributed by atoms with Gasteiger partial charge in [0, 0.05) is 11.4 Å². The molecule has 0 saturated heterocycles. The molecule has 35 heavy (non-hydrogen) atoms. The second-order valence-corrected chi connectivity index (χ2v) is 7.52. The van der Waals surface area contributed by atoms with Crippen LogP contribution in [0.15, 0.2) is 72.3 Å². The van der Waals surface area contributed by atoms with Crippen molar-refractivity contribution in [3.63, 3.8) is 0 Å². The van der Waals surface area contributed by atoms with E-state index in [4.69, 9.17) is 9.47 Å². The minimum atomic E-state index is -0.593. The maximum absolute atomic E-state index is 12.5. The molecule has 0 bridgehead atoms. The highest BCUT2D eigenvalue weighted by molar-refractivity contribution is 6.09. The van der Waals surface area contributed by atoms with Crippen LogP contribution in [0, 0.1) is 18.3 Å². The Morgan fingerprint density at radius 3 is 2.43 bits per heavy atom. The highest BCUT2D eigenvalue weighted by atomic mass is 16.5. The summed E-state index contributed by atoms with van der Waals surface area (Å²) in [7, 11) is 0. The fraction of sp³-hybridized carbons (Fsp3) is 0.148. The molecule has 0 spiro atoms. The van der Waals surface area contributed by atoms with Gasteiger partial charge in [0.1, 0.15) is 17.4 Å². The minimum Gasteiger partial charge on any atom is -0.508 e. The Bertz CT molecular complexity index is 1280. The van der Waals surface area contributed by atoms with Crippen molar-refractivity contribution in [3.05, 3.63) is 83.4 Å². The lowest BCUT2D eigenvalue weighted by Gasteiger charge is -2.13. The van der Waals surface area contributed by atoms with Crippen molar-refractivity contribution in [2.45, 2.75) is 13.8 Å². The molecule has 0 heterocycles. The summed E-state index contributed by atoms with van der Waals surface area (Å²) in [5.41, 5.74) is 2.57. The van der Waals surface area contributed by atoms with Gasteiger partial charge in [0.2, 0.25) is 0 Å². The van der Waals surface area contributed by atoms with E-state index < -0.39 is 5.91 Å². The lowest BCUT2D eigenvalue weighted by atomic mass is 10.1. The van der Waals surface area contributed by atoms with E-state index in [1.165, 1.54) is 30.3 Å². The van der Waals surface area contributed by atoms with Crippen molar-refractivity contribution in [1.82, 2.24) is 0 Å². The maximum atomic E-state index is 12.5. The molecule has 0 aliphatic rings. The van der Waals surface area contributed by atoms with Gasteiger partial charge in [0.05, 0.1) is 6.61 Å². The molecule has 2 amide bonds. The van der Waals surface area contributed by atoms with Crippen molar-refractivity contribution in [3.8, 4) is 23.3 Å². The Hall–Kier alpha value is -4.77. The van der Waals surface area contributed by atoms with E-state index in [1.807, 2.05) is 38.1 Å². The number of ether oxygens (including phenoxy) is 2. The van der Waals surface area contributed by atoms with Gasteiger partial charge in [-0.25, -0.2) is 0 Å². The molecule has 8 nitrogen and oxygen atoms in total. The number of aromatic hydroxyl groups is 1. The van der Waals surface area contributed by atoms with Gasteiger partial charge in [0.25, 0.3) is 11.8 Å². The zero-order chi connectivity index (χ0) is 25.2. The molecule has 0 aromatic heterocycles. The third-order valence-corrected chi connectivity index (χ3v) is 4.73. The standard InChI is InChI=1S/C27H25N3O5/c1-3-34-25-15-19(14-20(16-28)27(33)30-21-8-10-23(31)11-9-21)7-12-24(25)35-17-26(32)29-22-6-4-5-18(2)13-22/h4-15,31H,3,17H2,1-2H3,(H,29,32)(H,30,33)/b20-14+. The summed E-state index contributed by atoms with van der Waals surface area (Å²) in [6.45, 7) is 3.88. The number of hydrogen-bond donors (Lipinski definition) is 3. The van der Waals surface area contributed by atoms with Crippen LogP contribution >= 0.6 is 0 Å². The Morgan fingerprint density at radius 2 is 1.74 bits per heavy atom. The number of phenols is 1. The topological polar surface area (TPSA) is 121 Å². The highest BCUT2D eigenvalue weighted by Crippen LogP contribution is 2.29. The SMILES string of the molecule is CCOc1cc(/C=C(\C#N)C(=O)Nc2ccc(O)cc2)ccc1OCC(=O)Nc1cccc(C)c1. The van der Waals surface area contributed by atoms with Gasteiger partial charge in [-0.15, -0.1) is 0 Å². The van der Waals surface area contributed by atoms with E-state index in [-0.39, 0.29) is 23.8 Å². The Morgan fingerprint density at radius 1 is 0.971 bits per heavy atom. The number of carbonyl (C=O) groups excluding carboxylic acids is 2. The predicted octanol–water partition coefficient (Wildman–Crippen LogP) is 4.66. The number of amides is 2. The number of rotatable bonds is 9. The molecule has 0 radical (unpaired) electrons. The van der Waals surface area contributed by atoms with E-state index in [9.17, 15) is 20.0 Å². The molecule has 0 aliphatic carbocycles. The second-order valence-electron chi connectivity index (χ2n) is 7.52. The molecular weight excluding hydrogens is 446 g/mol. The van der Waals surface area contributed by atoms with Crippen LogP contribution in [-0.2, 0) is 9.59 Å². The van der Waals surface area contributed by atoms with Gasteiger partial charge >= 0.3 is 0 Å². The molecule has 3 rings (SSSR count). The first kappa shape index (κ1) is 24.9. The zero-order valence-corrected chi connectivity index (χ0v) is 19.4. The molecule has 3 aromatic rings. The summed E-state index contributed by atoms with van der Waals surface area (Å²) in [5.74, 6) is -0.113. The van der Waals surface area contributed by atoms with Crippen molar-refractivity contribution >= 4 is 29.3 Å². The van der Waals surface area contributed by atoms with Crippen LogP contribution in [0.3, 0.4) is 0 Å². The summed E-state index contributed by atoms with van der Waals surface area (Å²) < 4.78 is 11.3. The quantitative estimate of drug-likeness (QED) is 0.237. The molecule has 0 unspecified atom stereocenters. The molecular formula is C27H25N3O5. The third-order valence-electron chi connectivity index (χ3n) is 4.73. The summed E-state index contributed by atoms with van der Waals surface area (Å²) in [4.78, 5) is 24.8. The first-order valence-corrected chi connectivity index (χ1v) is 10.9. The Balaban J connectivity index is 1.70. The van der Waals surface area contributed by atoms with Crippen LogP contribution in [0.25, 0.3) is 6.08 Å². The summed E-state index contributed by atoms with van der Waals surface area (Å²) >= 11 is 0. The number of carbonyl (C=O) groups is 2. The molecule has 0 fully saturated rings. The largest absolute Gasteiger partial charge is 0.508 e. The monoisotopic (exact) mass is 471 g/mol. The summed E-state index contributed by atoms with van der Waals surface area (Å²) in [6.07, 6.45) is 1.42. The third kappa shape index (κ3) is 7.37. The van der Waals surface area contributed by atoms with Gasteiger partial charge in [-0.3, -0.25) is 9.59 Å². The van der Waals surface area contributed by atoms with Crippen LogP contribution in [0.4, 0.5) is 11.4 Å². The van der Waals surface area contributed by atoms with E-state index in [2.05, 4.69) is 10.6 Å². The van der Waals surface area contributed by atoms with E-state index >= 15 is 0 Å². The summed E-state index contributed by atoms with van der Waals surface area (Å²) in [6, 6.07) is 20.1. The van der Waals surface area contributed by atoms with Gasteiger partial charge < -0.3 is 25.2 Å². The van der Waals surface area contributed by atoms with Crippen molar-refractivity contribution in [2.75, 3.05) is 23.8 Å². The van der Waals surface area contributed by atoms with Gasteiger partial charge in [-0.1, -0.05) is 18.2 Å². The summed E-state index contributed by atoms with van der Waals surface area (Å²) in [5, 5.41) is 24.2. The highest BCUT2D eigenvalue weighted by Gasteiger charge is 2.13. The van der Waals surface area contributed by atoms with Crippen LogP contribution in [0.1, 0.15) is 18.1 Å². The molecule has 3 N–H and O–H groups in total. The zero-order valence-electron chi connectivity index (χ0n) is 19.4. The van der Waals surface area contributed by atoms with E-state index in [1.54, 1.807) is 24.3 Å². The van der Waals surface area contributed by atoms with E-state index in [0.717, 1.165) is 5.56 Å². The lowest BCUT2D eigenvalue weighted by molar-refractivity contribution is -0.118.